The lowest BCUT2D eigenvalue weighted by atomic mass is 9.96. The minimum Gasteiger partial charge on any atom is -0.450 e. The highest BCUT2D eigenvalue weighted by atomic mass is 35.5. The number of anilines is 1. The molecule has 0 spiro atoms. The number of piperidine rings is 1. The van der Waals surface area contributed by atoms with Crippen molar-refractivity contribution in [1.29, 1.82) is 0 Å². The number of nitrogens with zero attached hydrogens (tertiary/aromatic N) is 1. The predicted octanol–water partition coefficient (Wildman–Crippen LogP) is 3.29. The van der Waals surface area contributed by atoms with Gasteiger partial charge in [-0.15, -0.1) is 0 Å². The lowest BCUT2D eigenvalue weighted by Gasteiger charge is -2.30. The Balaban J connectivity index is 1.87. The second-order valence-electron chi connectivity index (χ2n) is 5.08. The number of rotatable bonds is 3. The van der Waals surface area contributed by atoms with Crippen molar-refractivity contribution in [1.82, 2.24) is 4.90 Å². The maximum absolute atomic E-state index is 13.1. The van der Waals surface area contributed by atoms with Crippen LogP contribution in [0.15, 0.2) is 18.2 Å². The van der Waals surface area contributed by atoms with E-state index in [0.29, 0.717) is 38.2 Å². The molecular weight excluding hydrogens is 311 g/mol. The summed E-state index contributed by atoms with van der Waals surface area (Å²) in [7, 11) is 0. The number of hydrogen-bond donors (Lipinski definition) is 1. The standard InChI is InChI=1S/C15H18ClFN2O3/c1-2-22-15(21)19-7-5-10(6-8-19)14(20)18-11-3-4-13(17)12(16)9-11/h3-4,9-10H,2,5-8H2,1H3,(H,18,20). The summed E-state index contributed by atoms with van der Waals surface area (Å²) in [6.45, 7) is 3.07. The van der Waals surface area contributed by atoms with Gasteiger partial charge in [0.15, 0.2) is 0 Å². The molecule has 1 aliphatic rings. The number of carbonyl (C=O) groups is 2. The highest BCUT2D eigenvalue weighted by Gasteiger charge is 2.28. The van der Waals surface area contributed by atoms with Crippen LogP contribution in [0.3, 0.4) is 0 Å². The summed E-state index contributed by atoms with van der Waals surface area (Å²) < 4.78 is 18.0. The average Bonchev–Trinajstić information content (AvgIpc) is 2.51. The summed E-state index contributed by atoms with van der Waals surface area (Å²) in [6, 6.07) is 4.05. The maximum atomic E-state index is 13.1. The van der Waals surface area contributed by atoms with Crippen LogP contribution in [-0.2, 0) is 9.53 Å². The van der Waals surface area contributed by atoms with Crippen molar-refractivity contribution in [3.05, 3.63) is 29.0 Å². The molecule has 22 heavy (non-hydrogen) atoms. The second-order valence-corrected chi connectivity index (χ2v) is 5.49. The van der Waals surface area contributed by atoms with Crippen LogP contribution >= 0.6 is 11.6 Å². The lowest BCUT2D eigenvalue weighted by molar-refractivity contribution is -0.121. The summed E-state index contributed by atoms with van der Waals surface area (Å²) in [6.07, 6.45) is 0.797. The zero-order valence-electron chi connectivity index (χ0n) is 12.3. The van der Waals surface area contributed by atoms with Crippen molar-refractivity contribution >= 4 is 29.3 Å². The van der Waals surface area contributed by atoms with Crippen molar-refractivity contribution in [2.45, 2.75) is 19.8 Å². The summed E-state index contributed by atoms with van der Waals surface area (Å²) in [5.41, 5.74) is 0.462. The van der Waals surface area contributed by atoms with Crippen LogP contribution in [0.2, 0.25) is 5.02 Å². The molecule has 120 valence electrons. The third kappa shape index (κ3) is 4.10. The fourth-order valence-corrected chi connectivity index (χ4v) is 2.54. The number of nitrogens with one attached hydrogen (secondary N) is 1. The molecule has 0 saturated carbocycles. The van der Waals surface area contributed by atoms with Gasteiger partial charge < -0.3 is 15.0 Å². The Labute approximate surface area is 133 Å². The third-order valence-corrected chi connectivity index (χ3v) is 3.87. The Bertz CT molecular complexity index is 560. The highest BCUT2D eigenvalue weighted by molar-refractivity contribution is 6.31. The number of carbonyl (C=O) groups excluding carboxylic acids is 2. The van der Waals surface area contributed by atoms with Gasteiger partial charge >= 0.3 is 6.09 Å². The van der Waals surface area contributed by atoms with Crippen LogP contribution in [-0.4, -0.2) is 36.6 Å². The number of amides is 2. The van der Waals surface area contributed by atoms with Crippen molar-refractivity contribution in [3.8, 4) is 0 Å². The van der Waals surface area contributed by atoms with E-state index in [1.54, 1.807) is 11.8 Å². The van der Waals surface area contributed by atoms with Gasteiger partial charge in [-0.1, -0.05) is 11.6 Å². The van der Waals surface area contributed by atoms with E-state index in [0.717, 1.165) is 0 Å². The fraction of sp³-hybridized carbons (Fsp3) is 0.467. The topological polar surface area (TPSA) is 58.6 Å². The van der Waals surface area contributed by atoms with Crippen LogP contribution in [0, 0.1) is 11.7 Å². The lowest BCUT2D eigenvalue weighted by Crippen LogP contribution is -2.41. The van der Waals surface area contributed by atoms with E-state index in [2.05, 4.69) is 5.32 Å². The Morgan fingerprint density at radius 3 is 2.68 bits per heavy atom. The molecule has 1 aromatic carbocycles. The molecule has 0 unspecified atom stereocenters. The number of halogens is 2. The van der Waals surface area contributed by atoms with Gasteiger partial charge in [0.1, 0.15) is 5.82 Å². The molecule has 2 amide bonds. The molecule has 1 aliphatic heterocycles. The molecule has 1 N–H and O–H groups in total. The Kier molecular flexibility index (Phi) is 5.60. The van der Waals surface area contributed by atoms with Gasteiger partial charge in [-0.2, -0.15) is 0 Å². The molecule has 0 radical (unpaired) electrons. The third-order valence-electron chi connectivity index (χ3n) is 3.58. The first kappa shape index (κ1) is 16.5. The van der Waals surface area contributed by atoms with Gasteiger partial charge in [0.2, 0.25) is 5.91 Å². The Hall–Kier alpha value is -1.82. The molecular formula is C15H18ClFN2O3. The van der Waals surface area contributed by atoms with E-state index in [1.807, 2.05) is 0 Å². The highest BCUT2D eigenvalue weighted by Crippen LogP contribution is 2.23. The molecule has 0 aromatic heterocycles. The fourth-order valence-electron chi connectivity index (χ4n) is 2.36. The van der Waals surface area contributed by atoms with E-state index in [9.17, 15) is 14.0 Å². The first-order chi connectivity index (χ1) is 10.5. The molecule has 0 bridgehead atoms. The van der Waals surface area contributed by atoms with Crippen LogP contribution in [0.1, 0.15) is 19.8 Å². The molecule has 0 aliphatic carbocycles. The minimum atomic E-state index is -0.526. The number of ether oxygens (including phenoxy) is 1. The molecule has 1 heterocycles. The summed E-state index contributed by atoms with van der Waals surface area (Å²) in [5.74, 6) is -0.858. The quantitative estimate of drug-likeness (QED) is 0.926. The monoisotopic (exact) mass is 328 g/mol. The molecule has 1 fully saturated rings. The first-order valence-corrected chi connectivity index (χ1v) is 7.56. The van der Waals surface area contributed by atoms with Gasteiger partial charge in [-0.3, -0.25) is 4.79 Å². The second kappa shape index (κ2) is 7.45. The van der Waals surface area contributed by atoms with Gasteiger partial charge in [0.05, 0.1) is 11.6 Å². The van der Waals surface area contributed by atoms with Crippen molar-refractivity contribution in [2.24, 2.45) is 5.92 Å². The number of benzene rings is 1. The van der Waals surface area contributed by atoms with E-state index in [-0.39, 0.29) is 22.9 Å². The smallest absolute Gasteiger partial charge is 0.409 e. The maximum Gasteiger partial charge on any atom is 0.409 e. The molecule has 2 rings (SSSR count). The van der Waals surface area contributed by atoms with Gasteiger partial charge in [-0.25, -0.2) is 9.18 Å². The van der Waals surface area contributed by atoms with Gasteiger partial charge in [0, 0.05) is 24.7 Å². The molecule has 1 aromatic rings. The minimum absolute atomic E-state index is 0.0325. The van der Waals surface area contributed by atoms with Gasteiger partial charge in [0.25, 0.3) is 0 Å². The van der Waals surface area contributed by atoms with E-state index in [1.165, 1.54) is 18.2 Å². The average molecular weight is 329 g/mol. The molecule has 5 nitrogen and oxygen atoms in total. The van der Waals surface area contributed by atoms with E-state index >= 15 is 0 Å². The summed E-state index contributed by atoms with van der Waals surface area (Å²) >= 11 is 5.68. The van der Waals surface area contributed by atoms with Gasteiger partial charge in [-0.05, 0) is 38.0 Å². The van der Waals surface area contributed by atoms with Crippen LogP contribution in [0.4, 0.5) is 14.9 Å². The zero-order chi connectivity index (χ0) is 16.1. The Morgan fingerprint density at radius 1 is 1.41 bits per heavy atom. The molecule has 7 heteroatoms. The number of hydrogen-bond acceptors (Lipinski definition) is 3. The zero-order valence-corrected chi connectivity index (χ0v) is 13.0. The molecule has 0 atom stereocenters. The summed E-state index contributed by atoms with van der Waals surface area (Å²) in [5, 5.41) is 2.69. The largest absolute Gasteiger partial charge is 0.450 e. The van der Waals surface area contributed by atoms with Crippen molar-refractivity contribution in [3.63, 3.8) is 0 Å². The van der Waals surface area contributed by atoms with Crippen LogP contribution in [0.5, 0.6) is 0 Å². The van der Waals surface area contributed by atoms with E-state index in [4.69, 9.17) is 16.3 Å². The van der Waals surface area contributed by atoms with Crippen molar-refractivity contribution in [2.75, 3.05) is 25.0 Å². The first-order valence-electron chi connectivity index (χ1n) is 7.19. The Morgan fingerprint density at radius 2 is 2.09 bits per heavy atom. The summed E-state index contributed by atoms with van der Waals surface area (Å²) in [4.78, 5) is 25.4. The number of likely N-dealkylation sites (tertiary alicyclic amines) is 1. The SMILES string of the molecule is CCOC(=O)N1CCC(C(=O)Nc2ccc(F)c(Cl)c2)CC1. The van der Waals surface area contributed by atoms with Crippen molar-refractivity contribution < 1.29 is 18.7 Å². The molecule has 1 saturated heterocycles. The van der Waals surface area contributed by atoms with Crippen LogP contribution < -0.4 is 5.32 Å². The van der Waals surface area contributed by atoms with Crippen LogP contribution in [0.25, 0.3) is 0 Å². The van der Waals surface area contributed by atoms with E-state index < -0.39 is 5.82 Å². The predicted molar refractivity (Wildman–Crippen MR) is 81.4 cm³/mol. The normalized spacial score (nSPS) is 15.5.